The normalized spacial score (nSPS) is 9.88. The first kappa shape index (κ1) is 10.9. The van der Waals surface area contributed by atoms with Crippen LogP contribution in [-0.4, -0.2) is 21.0 Å². The minimum absolute atomic E-state index is 0.105. The Morgan fingerprint density at radius 2 is 2.00 bits per heavy atom. The summed E-state index contributed by atoms with van der Waals surface area (Å²) in [6, 6.07) is 4.62. The maximum atomic E-state index is 11.0. The van der Waals surface area contributed by atoms with E-state index in [1.54, 1.807) is 24.5 Å². The number of carboxylic acids is 1. The highest BCUT2D eigenvalue weighted by Crippen LogP contribution is 2.22. The van der Waals surface area contributed by atoms with Gasteiger partial charge in [0.15, 0.2) is 0 Å². The van der Waals surface area contributed by atoms with Crippen LogP contribution in [0.3, 0.4) is 0 Å². The van der Waals surface area contributed by atoms with E-state index in [1.165, 1.54) is 12.4 Å². The maximum Gasteiger partial charge on any atom is 0.337 e. The predicted octanol–water partition coefficient (Wildman–Crippen LogP) is 1.50. The average molecular weight is 230 g/mol. The van der Waals surface area contributed by atoms with Gasteiger partial charge in [0.25, 0.3) is 0 Å². The van der Waals surface area contributed by atoms with Gasteiger partial charge in [-0.05, 0) is 18.2 Å². The number of benzene rings is 1. The number of hydrogen-bond acceptors (Lipinski definition) is 5. The molecular formula is C11H10N4O2. The molecule has 0 unspecified atom stereocenters. The van der Waals surface area contributed by atoms with Crippen LogP contribution >= 0.6 is 0 Å². The first-order valence-corrected chi connectivity index (χ1v) is 4.81. The second kappa shape index (κ2) is 4.48. The molecule has 0 saturated carbocycles. The Bertz CT molecular complexity index is 542. The summed E-state index contributed by atoms with van der Waals surface area (Å²) < 4.78 is 0. The van der Waals surface area contributed by atoms with Crippen molar-refractivity contribution >= 4 is 23.0 Å². The Kier molecular flexibility index (Phi) is 2.87. The van der Waals surface area contributed by atoms with E-state index in [1.807, 2.05) is 0 Å². The number of rotatable bonds is 3. The van der Waals surface area contributed by atoms with E-state index < -0.39 is 5.97 Å². The highest BCUT2D eigenvalue weighted by Gasteiger charge is 2.10. The van der Waals surface area contributed by atoms with Crippen LogP contribution in [-0.2, 0) is 0 Å². The van der Waals surface area contributed by atoms with E-state index in [4.69, 9.17) is 10.8 Å². The van der Waals surface area contributed by atoms with Crippen molar-refractivity contribution in [2.24, 2.45) is 0 Å². The minimum Gasteiger partial charge on any atom is -0.478 e. The summed E-state index contributed by atoms with van der Waals surface area (Å²) in [5.74, 6) is -1.04. The van der Waals surface area contributed by atoms with Crippen LogP contribution in [0.2, 0.25) is 0 Å². The molecular weight excluding hydrogens is 220 g/mol. The molecule has 1 aromatic heterocycles. The molecule has 0 bridgehead atoms. The molecule has 17 heavy (non-hydrogen) atoms. The second-order valence-electron chi connectivity index (χ2n) is 3.36. The van der Waals surface area contributed by atoms with E-state index >= 15 is 0 Å². The number of hydrogen-bond donors (Lipinski definition) is 3. The fraction of sp³-hybridized carbons (Fsp3) is 0. The van der Waals surface area contributed by atoms with Crippen LogP contribution < -0.4 is 11.1 Å². The lowest BCUT2D eigenvalue weighted by Crippen LogP contribution is -2.04. The van der Waals surface area contributed by atoms with Crippen molar-refractivity contribution in [2.45, 2.75) is 0 Å². The zero-order valence-electron chi connectivity index (χ0n) is 8.79. The molecule has 1 aromatic carbocycles. The van der Waals surface area contributed by atoms with Gasteiger partial charge in [-0.15, -0.1) is 0 Å². The van der Waals surface area contributed by atoms with Gasteiger partial charge in [0.2, 0.25) is 0 Å². The summed E-state index contributed by atoms with van der Waals surface area (Å²) in [4.78, 5) is 18.7. The van der Waals surface area contributed by atoms with Crippen LogP contribution in [0.5, 0.6) is 0 Å². The molecule has 4 N–H and O–H groups in total. The monoisotopic (exact) mass is 230 g/mol. The van der Waals surface area contributed by atoms with Crippen molar-refractivity contribution in [3.8, 4) is 0 Å². The van der Waals surface area contributed by atoms with Crippen LogP contribution in [0.1, 0.15) is 10.4 Å². The van der Waals surface area contributed by atoms with Crippen molar-refractivity contribution in [2.75, 3.05) is 11.1 Å². The Morgan fingerprint density at radius 1 is 1.29 bits per heavy atom. The van der Waals surface area contributed by atoms with E-state index in [0.29, 0.717) is 17.1 Å². The highest BCUT2D eigenvalue weighted by atomic mass is 16.4. The molecule has 0 aliphatic carbocycles. The Labute approximate surface area is 97.1 Å². The summed E-state index contributed by atoms with van der Waals surface area (Å²) in [6.45, 7) is 0. The van der Waals surface area contributed by atoms with Gasteiger partial charge in [-0.2, -0.15) is 0 Å². The number of carboxylic acid groups (broad SMARTS) is 1. The third-order valence-corrected chi connectivity index (χ3v) is 2.11. The smallest absolute Gasteiger partial charge is 0.337 e. The fourth-order valence-corrected chi connectivity index (χ4v) is 1.37. The van der Waals surface area contributed by atoms with Crippen molar-refractivity contribution in [1.82, 2.24) is 9.97 Å². The fourth-order valence-electron chi connectivity index (χ4n) is 1.37. The second-order valence-corrected chi connectivity index (χ2v) is 3.36. The van der Waals surface area contributed by atoms with Crippen molar-refractivity contribution in [3.63, 3.8) is 0 Å². The third kappa shape index (κ3) is 2.49. The zero-order valence-corrected chi connectivity index (χ0v) is 8.79. The number of carbonyl (C=O) groups is 1. The lowest BCUT2D eigenvalue weighted by Gasteiger charge is -2.09. The standard InChI is InChI=1S/C11H10N4O2/c12-7-1-2-10(9(3-7)11(16)17)15-8-4-13-6-14-5-8/h1-6,15H,12H2,(H,16,17). The van der Waals surface area contributed by atoms with E-state index in [0.717, 1.165) is 0 Å². The summed E-state index contributed by atoms with van der Waals surface area (Å²) in [6.07, 6.45) is 4.50. The van der Waals surface area contributed by atoms with E-state index in [-0.39, 0.29) is 5.56 Å². The third-order valence-electron chi connectivity index (χ3n) is 2.11. The topological polar surface area (TPSA) is 101 Å². The Morgan fingerprint density at radius 3 is 2.65 bits per heavy atom. The van der Waals surface area contributed by atoms with Gasteiger partial charge in [0.1, 0.15) is 6.33 Å². The molecule has 0 aliphatic heterocycles. The molecule has 0 amide bonds. The first-order valence-electron chi connectivity index (χ1n) is 4.81. The SMILES string of the molecule is Nc1ccc(Nc2cncnc2)c(C(=O)O)c1. The highest BCUT2D eigenvalue weighted by molar-refractivity contribution is 5.96. The zero-order chi connectivity index (χ0) is 12.3. The maximum absolute atomic E-state index is 11.0. The van der Waals surface area contributed by atoms with Crippen LogP contribution in [0.15, 0.2) is 36.9 Å². The van der Waals surface area contributed by atoms with Crippen LogP contribution in [0.4, 0.5) is 17.1 Å². The number of nitrogens with zero attached hydrogens (tertiary/aromatic N) is 2. The van der Waals surface area contributed by atoms with Crippen LogP contribution in [0, 0.1) is 0 Å². The molecule has 86 valence electrons. The van der Waals surface area contributed by atoms with Crippen molar-refractivity contribution in [1.29, 1.82) is 0 Å². The molecule has 6 heteroatoms. The van der Waals surface area contributed by atoms with Gasteiger partial charge in [-0.3, -0.25) is 0 Å². The number of nitrogens with one attached hydrogen (secondary N) is 1. The summed E-state index contributed by atoms with van der Waals surface area (Å²) >= 11 is 0. The molecule has 0 saturated heterocycles. The summed E-state index contributed by atoms with van der Waals surface area (Å²) in [5.41, 5.74) is 7.11. The average Bonchev–Trinajstić information content (AvgIpc) is 2.32. The Hall–Kier alpha value is -2.63. The molecule has 0 spiro atoms. The number of nitrogens with two attached hydrogens (primary N) is 1. The Balaban J connectivity index is 2.36. The lowest BCUT2D eigenvalue weighted by atomic mass is 10.1. The predicted molar refractivity (Wildman–Crippen MR) is 63.1 cm³/mol. The summed E-state index contributed by atoms with van der Waals surface area (Å²) in [5, 5.41) is 12.0. The molecule has 2 aromatic rings. The molecule has 0 fully saturated rings. The van der Waals surface area contributed by atoms with Crippen molar-refractivity contribution in [3.05, 3.63) is 42.5 Å². The van der Waals surface area contributed by atoms with Gasteiger partial charge in [0.05, 0.1) is 29.3 Å². The number of aromatic carboxylic acids is 1. The van der Waals surface area contributed by atoms with Crippen LogP contribution in [0.25, 0.3) is 0 Å². The number of aromatic nitrogens is 2. The lowest BCUT2D eigenvalue weighted by molar-refractivity contribution is 0.0698. The van der Waals surface area contributed by atoms with Gasteiger partial charge < -0.3 is 16.2 Å². The molecule has 1 heterocycles. The number of nitrogen functional groups attached to an aromatic ring is 1. The molecule has 6 nitrogen and oxygen atoms in total. The quantitative estimate of drug-likeness (QED) is 0.691. The van der Waals surface area contributed by atoms with Gasteiger partial charge in [-0.25, -0.2) is 14.8 Å². The molecule has 0 aliphatic rings. The summed E-state index contributed by atoms with van der Waals surface area (Å²) in [7, 11) is 0. The molecule has 0 atom stereocenters. The van der Waals surface area contributed by atoms with Gasteiger partial charge in [-0.1, -0.05) is 0 Å². The molecule has 0 radical (unpaired) electrons. The van der Waals surface area contributed by atoms with Gasteiger partial charge in [0, 0.05) is 5.69 Å². The van der Waals surface area contributed by atoms with E-state index in [2.05, 4.69) is 15.3 Å². The minimum atomic E-state index is -1.04. The first-order chi connectivity index (χ1) is 8.16. The van der Waals surface area contributed by atoms with Crippen molar-refractivity contribution < 1.29 is 9.90 Å². The van der Waals surface area contributed by atoms with E-state index in [9.17, 15) is 4.79 Å². The van der Waals surface area contributed by atoms with Gasteiger partial charge >= 0.3 is 5.97 Å². The largest absolute Gasteiger partial charge is 0.478 e. The number of anilines is 3. The molecule has 2 rings (SSSR count).